The summed E-state index contributed by atoms with van der Waals surface area (Å²) in [5.74, 6) is 0.142. The van der Waals surface area contributed by atoms with Crippen LogP contribution in [0.1, 0.15) is 21.5 Å². The molecule has 2 aliphatic heterocycles. The van der Waals surface area contributed by atoms with Crippen LogP contribution in [-0.2, 0) is 11.3 Å². The Kier molecular flexibility index (Phi) is 5.08. The monoisotopic (exact) mass is 303 g/mol. The van der Waals surface area contributed by atoms with Crippen LogP contribution in [0.15, 0.2) is 18.2 Å². The number of ether oxygens (including phenoxy) is 1. The highest BCUT2D eigenvalue weighted by atomic mass is 16.5. The number of nitrogens with zero attached hydrogens (tertiary/aromatic N) is 2. The minimum absolute atomic E-state index is 0.142. The molecule has 1 aromatic rings. The lowest BCUT2D eigenvalue weighted by Crippen LogP contribution is -2.43. The van der Waals surface area contributed by atoms with Gasteiger partial charge in [-0.3, -0.25) is 9.69 Å². The van der Waals surface area contributed by atoms with Gasteiger partial charge in [-0.1, -0.05) is 12.1 Å². The molecule has 0 saturated carbocycles. The van der Waals surface area contributed by atoms with E-state index in [9.17, 15) is 4.79 Å². The first-order chi connectivity index (χ1) is 10.8. The molecule has 0 unspecified atom stereocenters. The molecule has 22 heavy (non-hydrogen) atoms. The van der Waals surface area contributed by atoms with Gasteiger partial charge in [-0.25, -0.2) is 0 Å². The number of carbonyl (C=O) groups is 1. The van der Waals surface area contributed by atoms with Gasteiger partial charge in [0.25, 0.3) is 5.91 Å². The van der Waals surface area contributed by atoms with Crippen molar-refractivity contribution in [2.24, 2.45) is 0 Å². The van der Waals surface area contributed by atoms with Crippen LogP contribution in [0.3, 0.4) is 0 Å². The predicted octanol–water partition coefficient (Wildman–Crippen LogP) is 0.873. The average molecular weight is 303 g/mol. The van der Waals surface area contributed by atoms with Gasteiger partial charge in [0, 0.05) is 51.4 Å². The van der Waals surface area contributed by atoms with E-state index in [4.69, 9.17) is 4.74 Å². The number of hydrogen-bond donors (Lipinski definition) is 1. The average Bonchev–Trinajstić information content (AvgIpc) is 2.58. The van der Waals surface area contributed by atoms with Crippen LogP contribution in [0.2, 0.25) is 0 Å². The lowest BCUT2D eigenvalue weighted by atomic mass is 10.0. The molecule has 2 fully saturated rings. The highest BCUT2D eigenvalue weighted by molar-refractivity contribution is 5.96. The Bertz CT molecular complexity index is 521. The predicted molar refractivity (Wildman–Crippen MR) is 86.0 cm³/mol. The summed E-state index contributed by atoms with van der Waals surface area (Å²) in [7, 11) is 0. The van der Waals surface area contributed by atoms with E-state index in [-0.39, 0.29) is 5.91 Å². The fraction of sp³-hybridized carbons (Fsp3) is 0.588. The zero-order chi connectivity index (χ0) is 15.4. The molecule has 0 spiro atoms. The highest BCUT2D eigenvalue weighted by Crippen LogP contribution is 2.18. The van der Waals surface area contributed by atoms with Crippen LogP contribution < -0.4 is 5.32 Å². The molecular formula is C17H25N3O2. The molecule has 0 radical (unpaired) electrons. The number of carbonyl (C=O) groups excluding carboxylic acids is 1. The summed E-state index contributed by atoms with van der Waals surface area (Å²) in [5, 5.41) is 3.37. The zero-order valence-corrected chi connectivity index (χ0v) is 13.3. The quantitative estimate of drug-likeness (QED) is 0.900. The topological polar surface area (TPSA) is 44.8 Å². The molecule has 2 aliphatic rings. The van der Waals surface area contributed by atoms with E-state index in [1.807, 2.05) is 17.0 Å². The standard InChI is InChI=1S/C17H25N3O2/c1-14-15(13-19-7-5-18-6-8-19)3-2-4-16(14)17(21)20-9-11-22-12-10-20/h2-4,18H,5-13H2,1H3. The molecule has 0 bridgehead atoms. The summed E-state index contributed by atoms with van der Waals surface area (Å²) in [6.07, 6.45) is 0. The number of rotatable bonds is 3. The minimum atomic E-state index is 0.142. The summed E-state index contributed by atoms with van der Waals surface area (Å²) in [6, 6.07) is 6.11. The SMILES string of the molecule is Cc1c(CN2CCNCC2)cccc1C(=O)N1CCOCC1. The third kappa shape index (κ3) is 3.48. The van der Waals surface area contributed by atoms with Crippen molar-refractivity contribution in [1.29, 1.82) is 0 Å². The third-order valence-electron chi connectivity index (χ3n) is 4.58. The van der Waals surface area contributed by atoms with Gasteiger partial charge in [-0.05, 0) is 24.1 Å². The maximum atomic E-state index is 12.7. The van der Waals surface area contributed by atoms with Gasteiger partial charge in [0.2, 0.25) is 0 Å². The van der Waals surface area contributed by atoms with Crippen LogP contribution in [-0.4, -0.2) is 68.2 Å². The summed E-state index contributed by atoms with van der Waals surface area (Å²) in [6.45, 7) is 9.92. The Labute approximate surface area is 132 Å². The molecule has 0 aliphatic carbocycles. The van der Waals surface area contributed by atoms with Crippen molar-refractivity contribution < 1.29 is 9.53 Å². The number of hydrogen-bond acceptors (Lipinski definition) is 4. The minimum Gasteiger partial charge on any atom is -0.378 e. The Morgan fingerprint density at radius 3 is 2.64 bits per heavy atom. The zero-order valence-electron chi connectivity index (χ0n) is 13.3. The molecule has 5 nitrogen and oxygen atoms in total. The first kappa shape index (κ1) is 15.5. The van der Waals surface area contributed by atoms with Crippen molar-refractivity contribution >= 4 is 5.91 Å². The van der Waals surface area contributed by atoms with Crippen LogP contribution in [0.4, 0.5) is 0 Å². The smallest absolute Gasteiger partial charge is 0.254 e. The van der Waals surface area contributed by atoms with Gasteiger partial charge in [-0.15, -0.1) is 0 Å². The highest BCUT2D eigenvalue weighted by Gasteiger charge is 2.21. The fourth-order valence-electron chi connectivity index (χ4n) is 3.13. The normalized spacial score (nSPS) is 20.1. The second kappa shape index (κ2) is 7.22. The lowest BCUT2D eigenvalue weighted by molar-refractivity contribution is 0.0302. The second-order valence-electron chi connectivity index (χ2n) is 6.02. The lowest BCUT2D eigenvalue weighted by Gasteiger charge is -2.29. The largest absolute Gasteiger partial charge is 0.378 e. The van der Waals surface area contributed by atoms with Crippen molar-refractivity contribution in [3.05, 3.63) is 34.9 Å². The molecule has 5 heteroatoms. The molecule has 120 valence electrons. The van der Waals surface area contributed by atoms with Gasteiger partial charge in [-0.2, -0.15) is 0 Å². The van der Waals surface area contributed by atoms with E-state index >= 15 is 0 Å². The number of nitrogens with one attached hydrogen (secondary N) is 1. The maximum absolute atomic E-state index is 12.7. The summed E-state index contributed by atoms with van der Waals surface area (Å²) in [5.41, 5.74) is 3.23. The number of piperazine rings is 1. The van der Waals surface area contributed by atoms with Gasteiger partial charge in [0.15, 0.2) is 0 Å². The van der Waals surface area contributed by atoms with E-state index < -0.39 is 0 Å². The third-order valence-corrected chi connectivity index (χ3v) is 4.58. The summed E-state index contributed by atoms with van der Waals surface area (Å²) in [4.78, 5) is 17.1. The van der Waals surface area contributed by atoms with Crippen molar-refractivity contribution in [2.45, 2.75) is 13.5 Å². The van der Waals surface area contributed by atoms with Crippen molar-refractivity contribution in [3.63, 3.8) is 0 Å². The van der Waals surface area contributed by atoms with Gasteiger partial charge < -0.3 is 15.0 Å². The number of amides is 1. The Hall–Kier alpha value is -1.43. The van der Waals surface area contributed by atoms with Crippen molar-refractivity contribution in [2.75, 3.05) is 52.5 Å². The molecular weight excluding hydrogens is 278 g/mol. The second-order valence-corrected chi connectivity index (χ2v) is 6.02. The van der Waals surface area contributed by atoms with Gasteiger partial charge in [0.05, 0.1) is 13.2 Å². The number of benzene rings is 1. The van der Waals surface area contributed by atoms with Crippen LogP contribution in [0.5, 0.6) is 0 Å². The maximum Gasteiger partial charge on any atom is 0.254 e. The Morgan fingerprint density at radius 2 is 1.91 bits per heavy atom. The molecule has 3 rings (SSSR count). The summed E-state index contributed by atoms with van der Waals surface area (Å²) < 4.78 is 5.33. The molecule has 1 N–H and O–H groups in total. The van der Waals surface area contributed by atoms with E-state index in [1.54, 1.807) is 0 Å². The molecule has 2 heterocycles. The Morgan fingerprint density at radius 1 is 1.18 bits per heavy atom. The number of morpholine rings is 1. The Balaban J connectivity index is 1.74. The van der Waals surface area contributed by atoms with Crippen molar-refractivity contribution in [3.8, 4) is 0 Å². The van der Waals surface area contributed by atoms with Crippen LogP contribution >= 0.6 is 0 Å². The molecule has 0 atom stereocenters. The molecule has 1 amide bonds. The van der Waals surface area contributed by atoms with Crippen LogP contribution in [0.25, 0.3) is 0 Å². The summed E-state index contributed by atoms with van der Waals surface area (Å²) >= 11 is 0. The van der Waals surface area contributed by atoms with E-state index in [0.29, 0.717) is 26.3 Å². The van der Waals surface area contributed by atoms with Crippen molar-refractivity contribution in [1.82, 2.24) is 15.1 Å². The van der Waals surface area contributed by atoms with Crippen LogP contribution in [0, 0.1) is 6.92 Å². The van der Waals surface area contributed by atoms with E-state index in [1.165, 1.54) is 5.56 Å². The first-order valence-electron chi connectivity index (χ1n) is 8.14. The molecule has 0 aromatic heterocycles. The van der Waals surface area contributed by atoms with E-state index in [0.717, 1.165) is 43.9 Å². The molecule has 2 saturated heterocycles. The van der Waals surface area contributed by atoms with E-state index in [2.05, 4.69) is 23.2 Å². The van der Waals surface area contributed by atoms with Gasteiger partial charge >= 0.3 is 0 Å². The fourth-order valence-corrected chi connectivity index (χ4v) is 3.13. The first-order valence-corrected chi connectivity index (χ1v) is 8.14. The van der Waals surface area contributed by atoms with Gasteiger partial charge in [0.1, 0.15) is 0 Å². The molecule has 1 aromatic carbocycles.